The molecule has 0 radical (unpaired) electrons. The van der Waals surface area contributed by atoms with Crippen molar-refractivity contribution < 1.29 is 57.0 Å². The number of ether oxygens (including phenoxy) is 4. The van der Waals surface area contributed by atoms with E-state index in [-0.39, 0.29) is 34.0 Å². The first kappa shape index (κ1) is 30.7. The third-order valence-electron chi connectivity index (χ3n) is 6.70. The average Bonchev–Trinajstić information content (AvgIpc) is 3.73. The van der Waals surface area contributed by atoms with Crippen molar-refractivity contribution in [3.05, 3.63) is 25.3 Å². The first-order valence-corrected chi connectivity index (χ1v) is 15.9. The highest BCUT2D eigenvalue weighted by molar-refractivity contribution is 7.52. The first-order valence-electron chi connectivity index (χ1n) is 12.6. The van der Waals surface area contributed by atoms with Crippen molar-refractivity contribution in [2.75, 3.05) is 24.2 Å². The molecule has 2 aliphatic rings. The maximum absolute atomic E-state index is 15.1. The number of alkyl halides is 1. The Labute approximate surface area is 244 Å². The molecule has 6 rings (SSSR count). The van der Waals surface area contributed by atoms with Crippen LogP contribution in [-0.2, 0) is 32.6 Å². The van der Waals surface area contributed by atoms with Gasteiger partial charge in [-0.25, -0.2) is 34.3 Å². The van der Waals surface area contributed by atoms with Crippen LogP contribution < -0.4 is 11.5 Å². The van der Waals surface area contributed by atoms with Gasteiger partial charge in [-0.05, 0) is 0 Å². The van der Waals surface area contributed by atoms with Crippen molar-refractivity contribution in [3.8, 4) is 0 Å². The van der Waals surface area contributed by atoms with Crippen LogP contribution in [0.4, 0.5) is 16.0 Å². The summed E-state index contributed by atoms with van der Waals surface area (Å²) in [6.07, 6.45) is -10.9. The van der Waals surface area contributed by atoms with Crippen LogP contribution in [-0.4, -0.2) is 109 Å². The molecule has 2 aliphatic heterocycles. The molecule has 0 spiro atoms. The molecule has 24 heteroatoms. The minimum Gasteiger partial charge on any atom is -0.385 e. The van der Waals surface area contributed by atoms with Crippen molar-refractivity contribution in [1.82, 2.24) is 39.0 Å². The van der Waals surface area contributed by atoms with E-state index < -0.39 is 77.8 Å². The molecule has 21 nitrogen and oxygen atoms in total. The zero-order valence-electron chi connectivity index (χ0n) is 22.0. The number of hydrogen-bond donors (Lipinski definition) is 6. The summed E-state index contributed by atoms with van der Waals surface area (Å²) in [6, 6.07) is 0. The normalized spacial score (nSPS) is 31.1. The Morgan fingerprint density at radius 1 is 0.909 bits per heavy atom. The Balaban J connectivity index is 1.19. The molecule has 0 aliphatic carbocycles. The highest BCUT2D eigenvalue weighted by Gasteiger charge is 2.51. The quantitative estimate of drug-likeness (QED) is 0.106. The van der Waals surface area contributed by atoms with Gasteiger partial charge < -0.3 is 50.4 Å². The van der Waals surface area contributed by atoms with E-state index in [2.05, 4.69) is 29.9 Å². The Morgan fingerprint density at radius 3 is 2.05 bits per heavy atom. The summed E-state index contributed by atoms with van der Waals surface area (Å²) in [5.41, 5.74) is 12.1. The second-order valence-corrected chi connectivity index (χ2v) is 12.4. The van der Waals surface area contributed by atoms with E-state index in [1.807, 2.05) is 0 Å². The maximum atomic E-state index is 15.1. The zero-order valence-corrected chi connectivity index (χ0v) is 23.9. The van der Waals surface area contributed by atoms with Gasteiger partial charge in [-0.2, -0.15) is 0 Å². The van der Waals surface area contributed by atoms with E-state index in [9.17, 15) is 24.2 Å². The fourth-order valence-electron chi connectivity index (χ4n) is 4.72. The predicted molar refractivity (Wildman–Crippen MR) is 142 cm³/mol. The van der Waals surface area contributed by atoms with Crippen molar-refractivity contribution in [2.24, 2.45) is 0 Å². The molecule has 10 atom stereocenters. The van der Waals surface area contributed by atoms with Gasteiger partial charge >= 0.3 is 7.60 Å². The fraction of sp³-hybridized carbons (Fsp3) is 0.500. The average molecular weight is 662 g/mol. The molecule has 0 aromatic carbocycles. The van der Waals surface area contributed by atoms with E-state index in [1.54, 1.807) is 0 Å². The van der Waals surface area contributed by atoms with Crippen molar-refractivity contribution in [3.63, 3.8) is 0 Å². The number of halogens is 1. The lowest BCUT2D eigenvalue weighted by Gasteiger charge is -2.25. The summed E-state index contributed by atoms with van der Waals surface area (Å²) in [4.78, 5) is 43.6. The van der Waals surface area contributed by atoms with Crippen molar-refractivity contribution in [2.45, 2.75) is 49.5 Å². The van der Waals surface area contributed by atoms with Gasteiger partial charge in [-0.1, -0.05) is 0 Å². The number of aromatic nitrogens is 8. The molecule has 0 bridgehead atoms. The summed E-state index contributed by atoms with van der Waals surface area (Å²) in [6.45, 7) is 0. The molecular formula is C20H25FN10O11P2. The second kappa shape index (κ2) is 11.9. The number of hydrogen-bond acceptors (Lipinski definition) is 17. The molecule has 4 aromatic rings. The lowest BCUT2D eigenvalue weighted by atomic mass is 10.2. The summed E-state index contributed by atoms with van der Waals surface area (Å²) < 4.78 is 68.7. The Morgan fingerprint density at radius 2 is 1.45 bits per heavy atom. The number of aliphatic hydroxyl groups excluding tert-OH is 2. The third kappa shape index (κ3) is 5.66. The maximum Gasteiger partial charge on any atom is 0.354 e. The lowest BCUT2D eigenvalue weighted by Crippen LogP contribution is -2.35. The number of aliphatic hydroxyl groups is 2. The third-order valence-corrected chi connectivity index (χ3v) is 8.16. The molecule has 44 heavy (non-hydrogen) atoms. The van der Waals surface area contributed by atoms with Gasteiger partial charge in [0, 0.05) is 0 Å². The number of fused-ring (bicyclic) bond motifs is 2. The van der Waals surface area contributed by atoms with Crippen LogP contribution in [0.15, 0.2) is 25.3 Å². The molecule has 238 valence electrons. The number of nitrogens with zero attached hydrogens (tertiary/aromatic N) is 8. The van der Waals surface area contributed by atoms with E-state index in [1.165, 1.54) is 17.2 Å². The van der Waals surface area contributed by atoms with Crippen LogP contribution in [0.5, 0.6) is 0 Å². The van der Waals surface area contributed by atoms with Gasteiger partial charge in [-0.15, -0.1) is 0 Å². The van der Waals surface area contributed by atoms with Crippen LogP contribution in [0.2, 0.25) is 0 Å². The highest BCUT2D eigenvalue weighted by Crippen LogP contribution is 2.49. The van der Waals surface area contributed by atoms with Crippen molar-refractivity contribution >= 4 is 49.6 Å². The van der Waals surface area contributed by atoms with E-state index in [4.69, 9.17) is 39.8 Å². The van der Waals surface area contributed by atoms with Crippen LogP contribution >= 0.6 is 15.6 Å². The monoisotopic (exact) mass is 662 g/mol. The predicted octanol–water partition coefficient (Wildman–Crippen LogP) is -1.41. The van der Waals surface area contributed by atoms with Crippen LogP contribution in [0.1, 0.15) is 12.5 Å². The molecule has 0 amide bonds. The molecule has 2 saturated heterocycles. The van der Waals surface area contributed by atoms with Gasteiger partial charge in [0.2, 0.25) is 8.03 Å². The second-order valence-electron chi connectivity index (χ2n) is 9.59. The van der Waals surface area contributed by atoms with E-state index in [0.717, 1.165) is 17.2 Å². The fourth-order valence-corrected chi connectivity index (χ4v) is 6.03. The van der Waals surface area contributed by atoms with Gasteiger partial charge in [0.15, 0.2) is 60.5 Å². The van der Waals surface area contributed by atoms with E-state index in [0.29, 0.717) is 0 Å². The number of nitrogen functional groups attached to an aromatic ring is 2. The summed E-state index contributed by atoms with van der Waals surface area (Å²) >= 11 is 0. The molecule has 8 N–H and O–H groups in total. The number of imidazole rings is 2. The molecule has 6 heterocycles. The summed E-state index contributed by atoms with van der Waals surface area (Å²) in [7, 11) is -8.00. The molecule has 2 fully saturated rings. The van der Waals surface area contributed by atoms with Crippen LogP contribution in [0.3, 0.4) is 0 Å². The highest BCUT2D eigenvalue weighted by atomic mass is 31.2. The summed E-state index contributed by atoms with van der Waals surface area (Å²) in [5.74, 6) is 0.0418. The summed E-state index contributed by atoms with van der Waals surface area (Å²) in [5, 5.41) is 21.3. The smallest absolute Gasteiger partial charge is 0.354 e. The van der Waals surface area contributed by atoms with E-state index >= 15 is 4.39 Å². The number of nitrogens with two attached hydrogens (primary N) is 2. The number of anilines is 2. The van der Waals surface area contributed by atoms with Gasteiger partial charge in [0.05, 0.1) is 12.7 Å². The lowest BCUT2D eigenvalue weighted by molar-refractivity contribution is -0.168. The molecule has 2 unspecified atom stereocenters. The van der Waals surface area contributed by atoms with Crippen LogP contribution in [0, 0.1) is 0 Å². The van der Waals surface area contributed by atoms with Crippen molar-refractivity contribution in [1.29, 1.82) is 0 Å². The standard InChI is InChI=1S/C20H25FN10O11P2/c21-7-10(32)19(40-17(7)30-3-28-8-13(22)24-1-26-15(8)30)39-6-44(36,37)42-12-11(33)20(38-5-43(34)35)41-18(12)31-4-29-9-14(23)25-2-27-16(9)31/h1-4,7,10-12,17-20,32-33,43H,5-6H2,(H,34,35)(H,36,37)(H2,22,24,26)(H2,23,25,27)/t7-,10+,11+,12-,17+,18+,19-,20-/m0/s1. The minimum absolute atomic E-state index is 0.0110. The first-order chi connectivity index (χ1) is 20.9. The Kier molecular flexibility index (Phi) is 8.32. The van der Waals surface area contributed by atoms with Gasteiger partial charge in [0.25, 0.3) is 0 Å². The Hall–Kier alpha value is -3.27. The Bertz CT molecular complexity index is 1750. The SMILES string of the molecule is Nc1ncnc2c1ncn2[C@@H]1O[C@H](OCP(=O)(O)O[C@H]2[C@@H](O)[C@@H](OC[PH](=O)O)O[C@H]2n2cnc3c(N)ncnc32)[C@H](O)[C@@H]1F. The number of rotatable bonds is 10. The van der Waals surface area contributed by atoms with Crippen LogP contribution in [0.25, 0.3) is 22.3 Å². The van der Waals surface area contributed by atoms with Gasteiger partial charge in [0.1, 0.15) is 48.3 Å². The molecular weight excluding hydrogens is 637 g/mol. The topological polar surface area (TPSA) is 300 Å². The zero-order chi connectivity index (χ0) is 31.3. The molecule has 0 saturated carbocycles. The largest absolute Gasteiger partial charge is 0.385 e. The van der Waals surface area contributed by atoms with Gasteiger partial charge in [-0.3, -0.25) is 22.8 Å². The minimum atomic E-state index is -4.86. The molecule has 4 aromatic heterocycles.